The topological polar surface area (TPSA) is 100.0 Å². The predicted molar refractivity (Wildman–Crippen MR) is 132 cm³/mol. The number of carbonyl (C=O) groups excluding carboxylic acids is 1. The van der Waals surface area contributed by atoms with Crippen LogP contribution in [-0.2, 0) is 34.6 Å². The number of para-hydroxylation sites is 1. The van der Waals surface area contributed by atoms with E-state index < -0.39 is 21.4 Å². The van der Waals surface area contributed by atoms with Crippen LogP contribution < -0.4 is 0 Å². The molecule has 5 aromatic rings. The van der Waals surface area contributed by atoms with Crippen molar-refractivity contribution >= 4 is 26.5 Å². The minimum atomic E-state index is -3.86. The molecule has 2 aromatic carbocycles. The van der Waals surface area contributed by atoms with Gasteiger partial charge in [0.05, 0.1) is 23.2 Å². The second-order valence-corrected chi connectivity index (χ2v) is 10.6. The van der Waals surface area contributed by atoms with Gasteiger partial charge in [-0.2, -0.15) is 5.10 Å². The maximum atomic E-state index is 13.3. The van der Waals surface area contributed by atoms with Crippen LogP contribution in [0.15, 0.2) is 82.6 Å². The van der Waals surface area contributed by atoms with Gasteiger partial charge in [0.2, 0.25) is 0 Å². The second-order valence-electron chi connectivity index (χ2n) is 8.64. The highest BCUT2D eigenvalue weighted by molar-refractivity contribution is 7.92. The average Bonchev–Trinajstić information content (AvgIpc) is 3.53. The highest BCUT2D eigenvalue weighted by atomic mass is 32.2. The molecule has 178 valence electrons. The summed E-state index contributed by atoms with van der Waals surface area (Å²) in [6.45, 7) is 2.20. The van der Waals surface area contributed by atoms with Crippen LogP contribution >= 0.6 is 0 Å². The molecular formula is C26H24N4O4S. The molecule has 8 nitrogen and oxygen atoms in total. The van der Waals surface area contributed by atoms with E-state index in [4.69, 9.17) is 4.52 Å². The Morgan fingerprint density at radius 1 is 1.03 bits per heavy atom. The lowest BCUT2D eigenvalue weighted by molar-refractivity contribution is -0.116. The van der Waals surface area contributed by atoms with E-state index in [0.717, 1.165) is 22.2 Å². The molecule has 0 unspecified atom stereocenters. The van der Waals surface area contributed by atoms with E-state index in [-0.39, 0.29) is 11.3 Å². The summed E-state index contributed by atoms with van der Waals surface area (Å²) in [4.78, 5) is 12.7. The van der Waals surface area contributed by atoms with Crippen LogP contribution in [0.2, 0.25) is 0 Å². The molecule has 9 heteroatoms. The van der Waals surface area contributed by atoms with E-state index in [9.17, 15) is 13.2 Å². The number of fused-ring (bicyclic) bond motifs is 1. The maximum absolute atomic E-state index is 13.3. The highest BCUT2D eigenvalue weighted by Gasteiger charge is 2.25. The van der Waals surface area contributed by atoms with Crippen molar-refractivity contribution in [2.24, 2.45) is 7.05 Å². The summed E-state index contributed by atoms with van der Waals surface area (Å²) in [5, 5.41) is 8.62. The van der Waals surface area contributed by atoms with Crippen molar-refractivity contribution < 1.29 is 17.7 Å². The Labute approximate surface area is 202 Å². The number of hydrogen-bond donors (Lipinski definition) is 0. The molecule has 0 saturated carbocycles. The largest absolute Gasteiger partial charge is 0.361 e. The molecule has 35 heavy (non-hydrogen) atoms. The molecule has 0 radical (unpaired) electrons. The van der Waals surface area contributed by atoms with Gasteiger partial charge in [0.1, 0.15) is 11.5 Å². The molecule has 0 saturated heterocycles. The number of sulfone groups is 1. The summed E-state index contributed by atoms with van der Waals surface area (Å²) in [6.07, 6.45) is 5.30. The fourth-order valence-corrected chi connectivity index (χ4v) is 5.73. The van der Waals surface area contributed by atoms with Gasteiger partial charge in [0, 0.05) is 48.5 Å². The zero-order valence-corrected chi connectivity index (χ0v) is 20.2. The molecular weight excluding hydrogens is 464 g/mol. The molecule has 0 aliphatic heterocycles. The van der Waals surface area contributed by atoms with Crippen LogP contribution in [0.4, 0.5) is 0 Å². The van der Waals surface area contributed by atoms with Crippen molar-refractivity contribution in [1.82, 2.24) is 19.5 Å². The van der Waals surface area contributed by atoms with Gasteiger partial charge in [-0.15, -0.1) is 0 Å². The molecule has 0 atom stereocenters. The number of hydrogen-bond acceptors (Lipinski definition) is 6. The van der Waals surface area contributed by atoms with E-state index in [2.05, 4.69) is 16.3 Å². The van der Waals surface area contributed by atoms with Gasteiger partial charge < -0.3 is 9.09 Å². The zero-order chi connectivity index (χ0) is 24.6. The first kappa shape index (κ1) is 22.8. The molecule has 0 bridgehead atoms. The number of ketones is 1. The van der Waals surface area contributed by atoms with Gasteiger partial charge in [0.15, 0.2) is 15.6 Å². The number of benzene rings is 2. The van der Waals surface area contributed by atoms with Gasteiger partial charge in [-0.25, -0.2) is 8.42 Å². The zero-order valence-electron chi connectivity index (χ0n) is 19.4. The Kier molecular flexibility index (Phi) is 5.86. The van der Waals surface area contributed by atoms with E-state index >= 15 is 0 Å². The lowest BCUT2D eigenvalue weighted by Gasteiger charge is -2.07. The van der Waals surface area contributed by atoms with Gasteiger partial charge in [-0.05, 0) is 30.2 Å². The van der Waals surface area contributed by atoms with Crippen LogP contribution in [-0.4, -0.2) is 39.5 Å². The Hall–Kier alpha value is -3.98. The Bertz CT molecular complexity index is 1640. The van der Waals surface area contributed by atoms with Crippen molar-refractivity contribution in [3.63, 3.8) is 0 Å². The quantitative estimate of drug-likeness (QED) is 0.328. The van der Waals surface area contributed by atoms with E-state index in [1.165, 1.54) is 0 Å². The SMILES string of the molecule is Cc1cc(CC(=O)CS(=O)(=O)c2cn(Cc3cccc(-c4cnn(C)c4)c3)c3ccccc23)no1. The lowest BCUT2D eigenvalue weighted by Crippen LogP contribution is -2.18. The highest BCUT2D eigenvalue weighted by Crippen LogP contribution is 2.28. The minimum absolute atomic E-state index is 0.0870. The minimum Gasteiger partial charge on any atom is -0.361 e. The van der Waals surface area contributed by atoms with Gasteiger partial charge in [-0.3, -0.25) is 9.48 Å². The molecule has 0 spiro atoms. The molecule has 0 fully saturated rings. The third-order valence-corrected chi connectivity index (χ3v) is 7.51. The van der Waals surface area contributed by atoms with Crippen molar-refractivity contribution in [2.45, 2.75) is 24.8 Å². The van der Waals surface area contributed by atoms with Gasteiger partial charge >= 0.3 is 0 Å². The number of carbonyl (C=O) groups is 1. The summed E-state index contributed by atoms with van der Waals surface area (Å²) >= 11 is 0. The fraction of sp³-hybridized carbons (Fsp3) is 0.192. The first-order valence-corrected chi connectivity index (χ1v) is 12.8. The average molecular weight is 489 g/mol. The second kappa shape index (κ2) is 8.99. The van der Waals surface area contributed by atoms with E-state index in [1.807, 2.05) is 54.3 Å². The first-order chi connectivity index (χ1) is 16.8. The van der Waals surface area contributed by atoms with Crippen LogP contribution in [0.1, 0.15) is 17.0 Å². The molecule has 0 aliphatic rings. The van der Waals surface area contributed by atoms with Crippen molar-refractivity contribution in [2.75, 3.05) is 5.75 Å². The smallest absolute Gasteiger partial charge is 0.187 e. The fourth-order valence-electron chi connectivity index (χ4n) is 4.25. The monoisotopic (exact) mass is 488 g/mol. The van der Waals surface area contributed by atoms with Crippen LogP contribution in [0, 0.1) is 6.92 Å². The third kappa shape index (κ3) is 4.81. The molecule has 5 rings (SSSR count). The van der Waals surface area contributed by atoms with Crippen molar-refractivity contribution in [3.8, 4) is 11.1 Å². The van der Waals surface area contributed by atoms with E-state index in [1.54, 1.807) is 36.0 Å². The normalized spacial score (nSPS) is 11.8. The van der Waals surface area contributed by atoms with Gasteiger partial charge in [0.25, 0.3) is 0 Å². The number of Topliss-reactive ketones (excluding diaryl/α,β-unsaturated/α-hetero) is 1. The van der Waals surface area contributed by atoms with Crippen LogP contribution in [0.5, 0.6) is 0 Å². The van der Waals surface area contributed by atoms with Crippen molar-refractivity contribution in [1.29, 1.82) is 0 Å². The molecule has 0 aliphatic carbocycles. The van der Waals surface area contributed by atoms with E-state index in [0.29, 0.717) is 23.4 Å². The van der Waals surface area contributed by atoms with Crippen LogP contribution in [0.25, 0.3) is 22.0 Å². The Morgan fingerprint density at radius 3 is 2.60 bits per heavy atom. The summed E-state index contributed by atoms with van der Waals surface area (Å²) in [5.74, 6) is -0.450. The third-order valence-electron chi connectivity index (χ3n) is 5.81. The van der Waals surface area contributed by atoms with Crippen LogP contribution in [0.3, 0.4) is 0 Å². The summed E-state index contributed by atoms with van der Waals surface area (Å²) in [6, 6.07) is 17.0. The summed E-state index contributed by atoms with van der Waals surface area (Å²) < 4.78 is 35.2. The summed E-state index contributed by atoms with van der Waals surface area (Å²) in [5.41, 5.74) is 4.29. The number of rotatable bonds is 8. The number of aromatic nitrogens is 4. The Morgan fingerprint density at radius 2 is 1.86 bits per heavy atom. The molecule has 3 aromatic heterocycles. The van der Waals surface area contributed by atoms with Crippen molar-refractivity contribution in [3.05, 3.63) is 90.2 Å². The molecule has 3 heterocycles. The standard InChI is InChI=1S/C26H24N4O4S/c1-18-10-22(28-34-18)12-23(31)17-35(32,33)26-16-30(25-9-4-3-8-24(25)26)14-19-6-5-7-20(11-19)21-13-27-29(2)15-21/h3-11,13,15-16H,12,14,17H2,1-2H3. The molecule has 0 N–H and O–H groups in total. The predicted octanol–water partition coefficient (Wildman–Crippen LogP) is 3.97. The molecule has 0 amide bonds. The van der Waals surface area contributed by atoms with Gasteiger partial charge in [-0.1, -0.05) is 41.6 Å². The Balaban J connectivity index is 1.44. The lowest BCUT2D eigenvalue weighted by atomic mass is 10.1. The number of aryl methyl sites for hydroxylation is 2. The summed E-state index contributed by atoms with van der Waals surface area (Å²) in [7, 11) is -1.99. The number of nitrogens with zero attached hydrogens (tertiary/aromatic N) is 4. The first-order valence-electron chi connectivity index (χ1n) is 11.1. The maximum Gasteiger partial charge on any atom is 0.187 e.